The molecule has 0 aromatic heterocycles. The van der Waals surface area contributed by atoms with Gasteiger partial charge in [0.05, 0.1) is 52.9 Å². The third-order valence-electron chi connectivity index (χ3n) is 16.8. The molecular weight excluding hydrogens is 1230 g/mol. The quantitative estimate of drug-likeness (QED) is 0.0452. The average Bonchev–Trinajstić information content (AvgIpc) is 1.81. The highest BCUT2D eigenvalue weighted by molar-refractivity contribution is 5.03. The molecule has 0 saturated carbocycles. The largest absolute Gasteiger partial charge is 0.394 e. The summed E-state index contributed by atoms with van der Waals surface area (Å²) in [6.45, 7) is -9.94. The molecule has 41 nitrogen and oxygen atoms in total. The Hall–Kier alpha value is -1.64. The number of hydrogen-bond acceptors (Lipinski definition) is 41. The summed E-state index contributed by atoms with van der Waals surface area (Å²) in [5, 5.41) is 281. The molecule has 0 unspecified atom stereocenters. The molecule has 8 aliphatic rings. The van der Waals surface area contributed by atoms with Crippen molar-refractivity contribution in [2.45, 2.75) is 239 Å². The van der Waals surface area contributed by atoms with Crippen molar-refractivity contribution in [2.75, 3.05) is 59.5 Å². The van der Waals surface area contributed by atoms with Gasteiger partial charge in [0.1, 0.15) is 196 Å². The third kappa shape index (κ3) is 14.6. The zero-order valence-electron chi connectivity index (χ0n) is 46.6. The molecule has 39 atom stereocenters. The number of aliphatic hydroxyl groups is 26. The van der Waals surface area contributed by atoms with Gasteiger partial charge in [-0.05, 0) is 0 Å². The van der Waals surface area contributed by atoms with Gasteiger partial charge in [0.15, 0.2) is 44.0 Å². The molecule has 26 N–H and O–H groups in total. The van der Waals surface area contributed by atoms with Crippen molar-refractivity contribution in [2.24, 2.45) is 0 Å². The Balaban J connectivity index is 1.11. The molecule has 8 fully saturated rings. The molecular formula is C48H82O41. The van der Waals surface area contributed by atoms with Crippen LogP contribution in [0.5, 0.6) is 0 Å². The Morgan fingerprint density at radius 3 is 0.674 bits per heavy atom. The van der Waals surface area contributed by atoms with E-state index in [9.17, 15) is 133 Å². The van der Waals surface area contributed by atoms with E-state index in [1.165, 1.54) is 0 Å². The van der Waals surface area contributed by atoms with Crippen LogP contribution >= 0.6 is 0 Å². The first-order chi connectivity index (χ1) is 42.2. The van der Waals surface area contributed by atoms with Crippen LogP contribution in [0.4, 0.5) is 0 Å². The van der Waals surface area contributed by atoms with Crippen LogP contribution in [0.15, 0.2) is 0 Å². The Morgan fingerprint density at radius 2 is 0.438 bits per heavy atom. The number of rotatable bonds is 23. The Bertz CT molecular complexity index is 2150. The predicted molar refractivity (Wildman–Crippen MR) is 264 cm³/mol. The zero-order chi connectivity index (χ0) is 65.4. The van der Waals surface area contributed by atoms with E-state index in [4.69, 9.17) is 71.1 Å². The van der Waals surface area contributed by atoms with Crippen LogP contribution < -0.4 is 0 Å². The minimum absolute atomic E-state index is 0.958. The minimum atomic E-state index is -2.73. The smallest absolute Gasteiger partial charge is 0.224 e. The molecule has 0 radical (unpaired) electrons. The molecule has 41 heteroatoms. The van der Waals surface area contributed by atoms with E-state index in [1.807, 2.05) is 0 Å². The topological polar surface area (TPSA) is 664 Å². The first kappa shape index (κ1) is 73.2. The minimum Gasteiger partial charge on any atom is -0.394 e. The lowest BCUT2D eigenvalue weighted by molar-refractivity contribution is -0.426. The van der Waals surface area contributed by atoms with Crippen LogP contribution in [0, 0.1) is 0 Å². The predicted octanol–water partition coefficient (Wildman–Crippen LogP) is -18.5. The van der Waals surface area contributed by atoms with Crippen molar-refractivity contribution >= 4 is 0 Å². The van der Waals surface area contributed by atoms with Gasteiger partial charge in [0.25, 0.3) is 0 Å². The summed E-state index contributed by atoms with van der Waals surface area (Å²) < 4.78 is 86.9. The summed E-state index contributed by atoms with van der Waals surface area (Å²) in [6.07, 6.45) is -81.5. The molecule has 8 aliphatic heterocycles. The fraction of sp³-hybridized carbons (Fsp3) is 1.00. The van der Waals surface area contributed by atoms with Gasteiger partial charge in [0, 0.05) is 0 Å². The second-order valence-corrected chi connectivity index (χ2v) is 22.4. The van der Waals surface area contributed by atoms with Crippen LogP contribution in [-0.2, 0) is 71.1 Å². The molecule has 0 bridgehead atoms. The second-order valence-electron chi connectivity index (χ2n) is 22.4. The van der Waals surface area contributed by atoms with E-state index in [-0.39, 0.29) is 0 Å². The second kappa shape index (κ2) is 31.0. The van der Waals surface area contributed by atoms with E-state index < -0.39 is 299 Å². The lowest BCUT2D eigenvalue weighted by Gasteiger charge is -2.51. The van der Waals surface area contributed by atoms with E-state index in [1.54, 1.807) is 0 Å². The van der Waals surface area contributed by atoms with Gasteiger partial charge in [-0.25, -0.2) is 0 Å². The SMILES string of the molecule is OC[C@H]1O[C@@](CO)(O[C@H]2O[C@H](CO)[C@@H](O)[C@H](O)[C@H]2O[C@H]2O[C@H](CO)[C@@H](O)[C@H](O)[C@H]2O[C@H]2O[C@H](CO)[C@@H](O)[C@H](O)[C@H]2O[C@H]2O[C@H](CO)[C@@H](O)[C@H](O)[C@H]2O[C@H]2O[C@H](CO)[C@@H](O)[C@H](O)[C@H]2O[C@H]2O[C@H](CO)[C@@H](O)[C@H](O)[C@H]2O[C@H]2O[C@H](CO)[C@@H](O)[C@H](O)[C@H]2O)[C@@H](O)[C@@H]1O. The molecule has 8 rings (SSSR count). The fourth-order valence-corrected chi connectivity index (χ4v) is 11.4. The highest BCUT2D eigenvalue weighted by Gasteiger charge is 2.62. The first-order valence-corrected chi connectivity index (χ1v) is 28.2. The van der Waals surface area contributed by atoms with Crippen LogP contribution in [0.25, 0.3) is 0 Å². The van der Waals surface area contributed by atoms with Crippen LogP contribution in [0.2, 0.25) is 0 Å². The Morgan fingerprint density at radius 1 is 0.225 bits per heavy atom. The molecule has 0 aliphatic carbocycles. The summed E-state index contributed by atoms with van der Waals surface area (Å²) in [6, 6.07) is 0. The third-order valence-corrected chi connectivity index (χ3v) is 16.8. The molecule has 0 amide bonds. The normalized spacial score (nSPS) is 53.5. The highest BCUT2D eigenvalue weighted by atomic mass is 16.8. The highest BCUT2D eigenvalue weighted by Crippen LogP contribution is 2.41. The van der Waals surface area contributed by atoms with Gasteiger partial charge in [-0.1, -0.05) is 0 Å². The Labute approximate surface area is 501 Å². The fourth-order valence-electron chi connectivity index (χ4n) is 11.4. The molecule has 8 saturated heterocycles. The Kier molecular flexibility index (Phi) is 25.5. The zero-order valence-corrected chi connectivity index (χ0v) is 46.6. The maximum absolute atomic E-state index is 11.8. The molecule has 89 heavy (non-hydrogen) atoms. The van der Waals surface area contributed by atoms with Crippen LogP contribution in [-0.4, -0.2) is 431 Å². The monoisotopic (exact) mass is 1310 g/mol. The maximum Gasteiger partial charge on any atom is 0.224 e. The van der Waals surface area contributed by atoms with Crippen molar-refractivity contribution in [3.05, 3.63) is 0 Å². The molecule has 8 heterocycles. The summed E-state index contributed by atoms with van der Waals surface area (Å²) in [7, 11) is 0. The van der Waals surface area contributed by atoms with Crippen LogP contribution in [0.1, 0.15) is 0 Å². The van der Waals surface area contributed by atoms with Crippen molar-refractivity contribution in [3.8, 4) is 0 Å². The van der Waals surface area contributed by atoms with Crippen molar-refractivity contribution < 1.29 is 204 Å². The molecule has 0 spiro atoms. The average molecular weight is 1320 g/mol. The van der Waals surface area contributed by atoms with E-state index >= 15 is 0 Å². The van der Waals surface area contributed by atoms with Crippen molar-refractivity contribution in [1.82, 2.24) is 0 Å². The van der Waals surface area contributed by atoms with E-state index in [2.05, 4.69) is 0 Å². The summed E-state index contributed by atoms with van der Waals surface area (Å²) >= 11 is 0. The van der Waals surface area contributed by atoms with E-state index in [0.717, 1.165) is 0 Å². The van der Waals surface area contributed by atoms with Gasteiger partial charge in [-0.15, -0.1) is 0 Å². The molecule has 0 aromatic carbocycles. The lowest BCUT2D eigenvalue weighted by Crippen LogP contribution is -2.69. The van der Waals surface area contributed by atoms with Gasteiger partial charge in [-0.3, -0.25) is 0 Å². The maximum atomic E-state index is 11.8. The summed E-state index contributed by atoms with van der Waals surface area (Å²) in [5.41, 5.74) is 0. The van der Waals surface area contributed by atoms with Crippen LogP contribution in [0.3, 0.4) is 0 Å². The van der Waals surface area contributed by atoms with Gasteiger partial charge < -0.3 is 204 Å². The summed E-state index contributed by atoms with van der Waals surface area (Å²) in [4.78, 5) is 0. The van der Waals surface area contributed by atoms with Gasteiger partial charge >= 0.3 is 0 Å². The molecule has 520 valence electrons. The van der Waals surface area contributed by atoms with Crippen molar-refractivity contribution in [3.63, 3.8) is 0 Å². The van der Waals surface area contributed by atoms with E-state index in [0.29, 0.717) is 0 Å². The summed E-state index contributed by atoms with van der Waals surface area (Å²) in [5.74, 6) is -2.73. The number of ether oxygens (including phenoxy) is 15. The first-order valence-electron chi connectivity index (χ1n) is 28.2. The molecule has 0 aromatic rings. The number of aliphatic hydroxyl groups excluding tert-OH is 26. The van der Waals surface area contributed by atoms with Crippen molar-refractivity contribution in [1.29, 1.82) is 0 Å². The van der Waals surface area contributed by atoms with Gasteiger partial charge in [-0.2, -0.15) is 0 Å². The van der Waals surface area contributed by atoms with Gasteiger partial charge in [0.2, 0.25) is 5.79 Å². The number of hydrogen-bond donors (Lipinski definition) is 26. The lowest BCUT2D eigenvalue weighted by atomic mass is 9.95. The standard InChI is InChI=1S/C48H82O41/c49-1-10-18(58)26(66)33(73)41(75-10)82-34-27(67)19(59)11(2-50)76-42(34)83-35-28(68)20(60)12(3-51)77-43(35)84-36-29(69)21(61)13(4-52)78-44(36)85-37-30(70)22(62)14(5-53)79-45(37)86-38-31(71)23(63)15(6-54)80-46(38)87-39-32(72)24(64)16(7-55)81-47(39)89-48(9-57)40(74)25(65)17(8-56)88-48/h10-47,49-74H,1-9H2/t10-,11-,12-,13-,14-,15-,16-,17-,18-,19-,20-,21-,22-,23-,24-,25-,26+,27+,28+,29+,30+,31+,32+,33-,34-,35-,36-,37-,38-,39-,40+,41-,42-,43-,44-,45-,46-,47-,48+/m1/s1.